The lowest BCUT2D eigenvalue weighted by atomic mass is 10.1. The normalized spacial score (nSPS) is 10.8. The predicted octanol–water partition coefficient (Wildman–Crippen LogP) is 2.90. The highest BCUT2D eigenvalue weighted by Crippen LogP contribution is 2.29. The summed E-state index contributed by atoms with van der Waals surface area (Å²) in [5.41, 5.74) is 5.19. The number of aryl methyl sites for hydroxylation is 1. The van der Waals surface area contributed by atoms with Gasteiger partial charge in [-0.15, -0.1) is 0 Å². The molecule has 0 amide bonds. The van der Waals surface area contributed by atoms with E-state index in [0.29, 0.717) is 24.7 Å². The van der Waals surface area contributed by atoms with E-state index in [2.05, 4.69) is 44.8 Å². The minimum absolute atomic E-state index is 0.253. The predicted molar refractivity (Wildman–Crippen MR) is 107 cm³/mol. The zero-order valence-electron chi connectivity index (χ0n) is 15.7. The third kappa shape index (κ3) is 5.41. The molecule has 0 radical (unpaired) electrons. The average Bonchev–Trinajstić information content (AvgIpc) is 2.68. The van der Waals surface area contributed by atoms with Crippen molar-refractivity contribution in [2.75, 3.05) is 12.0 Å². The first-order valence-corrected chi connectivity index (χ1v) is 8.80. The average molecular weight is 379 g/mol. The highest BCUT2D eigenvalue weighted by atomic mass is 16.5. The van der Waals surface area contributed by atoms with Crippen molar-refractivity contribution >= 4 is 12.0 Å². The van der Waals surface area contributed by atoms with E-state index in [9.17, 15) is 4.79 Å². The molecule has 0 fully saturated rings. The van der Waals surface area contributed by atoms with Crippen LogP contribution < -0.4 is 20.6 Å². The van der Waals surface area contributed by atoms with Crippen LogP contribution in [0.25, 0.3) is 0 Å². The first-order chi connectivity index (χ1) is 13.6. The largest absolute Gasteiger partial charge is 0.490 e. The fraction of sp³-hybridized carbons (Fsp3) is 0.200. The Kier molecular flexibility index (Phi) is 6.35. The summed E-state index contributed by atoms with van der Waals surface area (Å²) in [5.74, 6) is 1.55. The SMILES string of the molecule is CCOc1cc(/C=N/Nc2cn[nH]c(=O)n2)ccc1OCc1cccc(C)c1. The van der Waals surface area contributed by atoms with Crippen LogP contribution in [-0.2, 0) is 6.61 Å². The maximum absolute atomic E-state index is 11.1. The van der Waals surface area contributed by atoms with Crippen LogP contribution in [0, 0.1) is 6.92 Å². The lowest BCUT2D eigenvalue weighted by Crippen LogP contribution is -2.13. The number of aromatic amines is 1. The molecule has 0 aliphatic heterocycles. The van der Waals surface area contributed by atoms with Crippen LogP contribution in [-0.4, -0.2) is 28.0 Å². The molecule has 1 heterocycles. The number of nitrogens with zero attached hydrogens (tertiary/aromatic N) is 3. The molecule has 0 atom stereocenters. The van der Waals surface area contributed by atoms with Gasteiger partial charge in [0.1, 0.15) is 6.61 Å². The Morgan fingerprint density at radius 3 is 2.86 bits per heavy atom. The Labute approximate surface area is 162 Å². The fourth-order valence-electron chi connectivity index (χ4n) is 2.49. The van der Waals surface area contributed by atoms with Crippen LogP contribution in [0.4, 0.5) is 5.82 Å². The van der Waals surface area contributed by atoms with E-state index in [0.717, 1.165) is 11.1 Å². The summed E-state index contributed by atoms with van der Waals surface area (Å²) in [7, 11) is 0. The van der Waals surface area contributed by atoms with Gasteiger partial charge in [-0.1, -0.05) is 29.8 Å². The topological polar surface area (TPSA) is 101 Å². The van der Waals surface area contributed by atoms with E-state index in [4.69, 9.17) is 9.47 Å². The Balaban J connectivity index is 1.69. The fourth-order valence-corrected chi connectivity index (χ4v) is 2.49. The molecule has 3 aromatic rings. The molecule has 0 saturated carbocycles. The van der Waals surface area contributed by atoms with E-state index in [1.807, 2.05) is 37.3 Å². The molecule has 0 unspecified atom stereocenters. The van der Waals surface area contributed by atoms with Crippen molar-refractivity contribution in [1.82, 2.24) is 15.2 Å². The summed E-state index contributed by atoms with van der Waals surface area (Å²) >= 11 is 0. The van der Waals surface area contributed by atoms with Crippen molar-refractivity contribution in [3.05, 3.63) is 75.8 Å². The first kappa shape index (κ1) is 19.1. The number of hydrazone groups is 1. The maximum Gasteiger partial charge on any atom is 0.363 e. The molecular formula is C20H21N5O3. The number of nitrogens with one attached hydrogen (secondary N) is 2. The van der Waals surface area contributed by atoms with Gasteiger partial charge >= 0.3 is 5.69 Å². The van der Waals surface area contributed by atoms with Gasteiger partial charge in [0.15, 0.2) is 17.3 Å². The molecule has 0 aliphatic carbocycles. The highest BCUT2D eigenvalue weighted by Gasteiger charge is 2.07. The van der Waals surface area contributed by atoms with Gasteiger partial charge < -0.3 is 9.47 Å². The number of aromatic nitrogens is 3. The third-order valence-corrected chi connectivity index (χ3v) is 3.71. The van der Waals surface area contributed by atoms with Gasteiger partial charge in [-0.05, 0) is 43.2 Å². The molecular weight excluding hydrogens is 358 g/mol. The Morgan fingerprint density at radius 1 is 1.18 bits per heavy atom. The van der Waals surface area contributed by atoms with Crippen LogP contribution in [0.15, 0.2) is 58.6 Å². The summed E-state index contributed by atoms with van der Waals surface area (Å²) in [6.07, 6.45) is 2.96. The van der Waals surface area contributed by atoms with Crippen LogP contribution in [0.1, 0.15) is 23.6 Å². The van der Waals surface area contributed by atoms with Crippen molar-refractivity contribution in [3.63, 3.8) is 0 Å². The first-order valence-electron chi connectivity index (χ1n) is 8.80. The second-order valence-corrected chi connectivity index (χ2v) is 5.96. The van der Waals surface area contributed by atoms with Crippen molar-refractivity contribution in [3.8, 4) is 11.5 Å². The summed E-state index contributed by atoms with van der Waals surface area (Å²) in [6.45, 7) is 4.94. The lowest BCUT2D eigenvalue weighted by Gasteiger charge is -2.13. The Hall–Kier alpha value is -3.68. The number of hydrogen-bond acceptors (Lipinski definition) is 7. The zero-order valence-corrected chi connectivity index (χ0v) is 15.7. The van der Waals surface area contributed by atoms with Crippen LogP contribution in [0.5, 0.6) is 11.5 Å². The number of benzene rings is 2. The number of ether oxygens (including phenoxy) is 2. The van der Waals surface area contributed by atoms with E-state index in [1.165, 1.54) is 11.8 Å². The second kappa shape index (κ2) is 9.31. The van der Waals surface area contributed by atoms with Gasteiger partial charge in [-0.3, -0.25) is 5.43 Å². The molecule has 0 bridgehead atoms. The van der Waals surface area contributed by atoms with Gasteiger partial charge in [-0.25, -0.2) is 9.89 Å². The van der Waals surface area contributed by atoms with E-state index in [1.54, 1.807) is 6.21 Å². The minimum atomic E-state index is -0.547. The van der Waals surface area contributed by atoms with Crippen molar-refractivity contribution < 1.29 is 9.47 Å². The van der Waals surface area contributed by atoms with Crippen LogP contribution in [0.2, 0.25) is 0 Å². The molecule has 28 heavy (non-hydrogen) atoms. The molecule has 2 N–H and O–H groups in total. The summed E-state index contributed by atoms with van der Waals surface area (Å²) in [4.78, 5) is 14.8. The summed E-state index contributed by atoms with van der Waals surface area (Å²) in [6, 6.07) is 13.7. The molecule has 144 valence electrons. The third-order valence-electron chi connectivity index (χ3n) is 3.71. The van der Waals surface area contributed by atoms with Gasteiger partial charge in [0, 0.05) is 0 Å². The van der Waals surface area contributed by atoms with Crippen molar-refractivity contribution in [2.24, 2.45) is 5.10 Å². The van der Waals surface area contributed by atoms with E-state index in [-0.39, 0.29) is 5.82 Å². The molecule has 2 aromatic carbocycles. The summed E-state index contributed by atoms with van der Waals surface area (Å²) in [5, 5.41) is 9.89. The Bertz CT molecular complexity index is 1020. The molecule has 8 heteroatoms. The molecule has 0 aliphatic rings. The summed E-state index contributed by atoms with van der Waals surface area (Å²) < 4.78 is 11.6. The second-order valence-electron chi connectivity index (χ2n) is 5.96. The quantitative estimate of drug-likeness (QED) is 0.461. The zero-order chi connectivity index (χ0) is 19.8. The number of hydrogen-bond donors (Lipinski definition) is 2. The Morgan fingerprint density at radius 2 is 2.07 bits per heavy atom. The van der Waals surface area contributed by atoms with Crippen LogP contribution in [0.3, 0.4) is 0 Å². The number of rotatable bonds is 8. The molecule has 1 aromatic heterocycles. The number of H-pyrrole nitrogens is 1. The number of anilines is 1. The highest BCUT2D eigenvalue weighted by molar-refractivity contribution is 5.81. The van der Waals surface area contributed by atoms with Gasteiger partial charge in [0.2, 0.25) is 0 Å². The van der Waals surface area contributed by atoms with Gasteiger partial charge in [-0.2, -0.15) is 15.2 Å². The minimum Gasteiger partial charge on any atom is -0.490 e. The maximum atomic E-state index is 11.1. The van der Waals surface area contributed by atoms with E-state index >= 15 is 0 Å². The standard InChI is InChI=1S/C20H21N5O3/c1-3-27-18-10-15(11-21-24-19-12-22-25-20(26)23-19)7-8-17(18)28-13-16-6-4-5-14(2)9-16/h4-12H,3,13H2,1-2H3,(H2,23,24,25,26)/b21-11+. The van der Waals surface area contributed by atoms with E-state index < -0.39 is 5.69 Å². The lowest BCUT2D eigenvalue weighted by molar-refractivity contribution is 0.269. The van der Waals surface area contributed by atoms with Gasteiger partial charge in [0.25, 0.3) is 0 Å². The molecule has 3 rings (SSSR count). The van der Waals surface area contributed by atoms with Crippen molar-refractivity contribution in [1.29, 1.82) is 0 Å². The van der Waals surface area contributed by atoms with Crippen LogP contribution >= 0.6 is 0 Å². The smallest absolute Gasteiger partial charge is 0.363 e. The molecule has 8 nitrogen and oxygen atoms in total. The van der Waals surface area contributed by atoms with Crippen molar-refractivity contribution in [2.45, 2.75) is 20.5 Å². The molecule has 0 spiro atoms. The monoisotopic (exact) mass is 379 g/mol. The molecule has 0 saturated heterocycles. The van der Waals surface area contributed by atoms with Gasteiger partial charge in [0.05, 0.1) is 19.0 Å².